The maximum Gasteiger partial charge on any atom is 0.357 e. The average Bonchev–Trinajstić information content (AvgIpc) is 2.96. The van der Waals surface area contributed by atoms with Gasteiger partial charge in [-0.25, -0.2) is 4.79 Å². The topological polar surface area (TPSA) is 84.2 Å². The first-order valence-electron chi connectivity index (χ1n) is 7.48. The van der Waals surface area contributed by atoms with Crippen LogP contribution in [0.3, 0.4) is 0 Å². The minimum atomic E-state index is -0.344. The summed E-state index contributed by atoms with van der Waals surface area (Å²) in [7, 11) is 0. The number of hydrogen-bond acceptors (Lipinski definition) is 5. The fraction of sp³-hybridized carbons (Fsp3) is 0.375. The molecular formula is C16H20N4O2. The summed E-state index contributed by atoms with van der Waals surface area (Å²) in [5.41, 5.74) is 7.07. The van der Waals surface area contributed by atoms with E-state index in [1.54, 1.807) is 23.3 Å². The molecule has 1 fully saturated rings. The third-order valence-electron chi connectivity index (χ3n) is 3.98. The number of nitrogens with zero attached hydrogens (tertiary/aromatic N) is 2. The third kappa shape index (κ3) is 3.12. The van der Waals surface area contributed by atoms with Crippen molar-refractivity contribution in [3.8, 4) is 0 Å². The predicted octanol–water partition coefficient (Wildman–Crippen LogP) is 2.54. The minimum absolute atomic E-state index is 0.0648. The molecule has 0 saturated carbocycles. The molecule has 3 rings (SSSR count). The van der Waals surface area contributed by atoms with Crippen LogP contribution in [0.4, 0.5) is 5.82 Å². The highest BCUT2D eigenvalue weighted by atomic mass is 16.7. The Hall–Kier alpha value is -2.34. The van der Waals surface area contributed by atoms with Gasteiger partial charge in [0.15, 0.2) is 0 Å². The Labute approximate surface area is 129 Å². The quantitative estimate of drug-likeness (QED) is 0.910. The second-order valence-corrected chi connectivity index (χ2v) is 5.78. The SMILES string of the molecule is CC1CCN(OC(=O)c2ccccc2)C(c2cc(N)[nH]n2)C1. The van der Waals surface area contributed by atoms with Crippen LogP contribution >= 0.6 is 0 Å². The molecule has 6 heteroatoms. The molecule has 1 aromatic heterocycles. The second kappa shape index (κ2) is 6.19. The van der Waals surface area contributed by atoms with Gasteiger partial charge in [0.2, 0.25) is 0 Å². The molecule has 6 nitrogen and oxygen atoms in total. The van der Waals surface area contributed by atoms with Crippen LogP contribution in [0.2, 0.25) is 0 Å². The van der Waals surface area contributed by atoms with Gasteiger partial charge >= 0.3 is 5.97 Å². The van der Waals surface area contributed by atoms with Gasteiger partial charge in [-0.15, -0.1) is 5.06 Å². The van der Waals surface area contributed by atoms with E-state index in [1.165, 1.54) is 0 Å². The zero-order chi connectivity index (χ0) is 15.5. The number of hydrogen-bond donors (Lipinski definition) is 2. The molecule has 1 aliphatic heterocycles. The summed E-state index contributed by atoms with van der Waals surface area (Å²) in [4.78, 5) is 17.9. The van der Waals surface area contributed by atoms with Gasteiger partial charge in [0, 0.05) is 12.6 Å². The van der Waals surface area contributed by atoms with E-state index in [0.717, 1.165) is 18.5 Å². The minimum Gasteiger partial charge on any atom is -0.384 e. The van der Waals surface area contributed by atoms with E-state index in [9.17, 15) is 4.79 Å². The maximum atomic E-state index is 12.3. The second-order valence-electron chi connectivity index (χ2n) is 5.78. The molecule has 2 unspecified atom stereocenters. The van der Waals surface area contributed by atoms with Gasteiger partial charge in [-0.05, 0) is 30.9 Å². The standard InChI is InChI=1S/C16H20N4O2/c1-11-7-8-20(14(9-11)13-10-15(17)19-18-13)22-16(21)12-5-3-2-4-6-12/h2-6,10-11,14H,7-9H2,1H3,(H3,17,18,19). The van der Waals surface area contributed by atoms with Crippen LogP contribution in [0.25, 0.3) is 0 Å². The fourth-order valence-corrected chi connectivity index (χ4v) is 2.75. The van der Waals surface area contributed by atoms with Crippen LogP contribution in [0.15, 0.2) is 36.4 Å². The van der Waals surface area contributed by atoms with Crippen LogP contribution < -0.4 is 5.73 Å². The smallest absolute Gasteiger partial charge is 0.357 e. The van der Waals surface area contributed by atoms with E-state index in [0.29, 0.717) is 23.8 Å². The lowest BCUT2D eigenvalue weighted by molar-refractivity contribution is -0.160. The highest BCUT2D eigenvalue weighted by Crippen LogP contribution is 2.34. The molecule has 0 aliphatic carbocycles. The summed E-state index contributed by atoms with van der Waals surface area (Å²) in [6.45, 7) is 2.89. The van der Waals surface area contributed by atoms with Crippen LogP contribution in [-0.4, -0.2) is 27.8 Å². The number of H-pyrrole nitrogens is 1. The van der Waals surface area contributed by atoms with Crippen molar-refractivity contribution in [2.45, 2.75) is 25.8 Å². The zero-order valence-corrected chi connectivity index (χ0v) is 12.5. The van der Waals surface area contributed by atoms with Crippen molar-refractivity contribution in [3.05, 3.63) is 47.7 Å². The molecule has 0 amide bonds. The Morgan fingerprint density at radius 1 is 1.41 bits per heavy atom. The summed E-state index contributed by atoms with van der Waals surface area (Å²) in [6.07, 6.45) is 1.87. The number of nitrogen functional groups attached to an aromatic ring is 1. The van der Waals surface area contributed by atoms with Gasteiger partial charge in [-0.3, -0.25) is 5.10 Å². The van der Waals surface area contributed by atoms with E-state index in [2.05, 4.69) is 17.1 Å². The van der Waals surface area contributed by atoms with Gasteiger partial charge in [0.05, 0.1) is 17.3 Å². The number of anilines is 1. The van der Waals surface area contributed by atoms with E-state index < -0.39 is 0 Å². The van der Waals surface area contributed by atoms with Gasteiger partial charge in [0.1, 0.15) is 5.82 Å². The zero-order valence-electron chi connectivity index (χ0n) is 12.5. The van der Waals surface area contributed by atoms with Gasteiger partial charge in [-0.2, -0.15) is 5.10 Å². The fourth-order valence-electron chi connectivity index (χ4n) is 2.75. The van der Waals surface area contributed by atoms with Crippen molar-refractivity contribution in [1.29, 1.82) is 0 Å². The number of carbonyl (C=O) groups excluding carboxylic acids is 1. The van der Waals surface area contributed by atoms with Crippen LogP contribution in [0.1, 0.15) is 41.9 Å². The van der Waals surface area contributed by atoms with Crippen LogP contribution in [0.5, 0.6) is 0 Å². The summed E-state index contributed by atoms with van der Waals surface area (Å²) >= 11 is 0. The summed E-state index contributed by atoms with van der Waals surface area (Å²) in [5, 5.41) is 8.70. The molecule has 0 bridgehead atoms. The van der Waals surface area contributed by atoms with Crippen molar-refractivity contribution in [2.75, 3.05) is 12.3 Å². The van der Waals surface area contributed by atoms with Gasteiger partial charge in [-0.1, -0.05) is 25.1 Å². The number of hydroxylamine groups is 2. The largest absolute Gasteiger partial charge is 0.384 e. The molecule has 2 aromatic rings. The number of aromatic nitrogens is 2. The lowest BCUT2D eigenvalue weighted by Gasteiger charge is -2.35. The summed E-state index contributed by atoms with van der Waals surface area (Å²) in [6, 6.07) is 10.7. The molecule has 22 heavy (non-hydrogen) atoms. The van der Waals surface area contributed by atoms with Crippen LogP contribution in [-0.2, 0) is 4.84 Å². The van der Waals surface area contributed by atoms with Crippen molar-refractivity contribution in [2.24, 2.45) is 5.92 Å². The Balaban J connectivity index is 1.76. The van der Waals surface area contributed by atoms with Gasteiger partial charge < -0.3 is 10.6 Å². The number of benzene rings is 1. The molecule has 0 radical (unpaired) electrons. The summed E-state index contributed by atoms with van der Waals surface area (Å²) in [5.74, 6) is 0.723. The highest BCUT2D eigenvalue weighted by Gasteiger charge is 2.32. The first kappa shape index (κ1) is 14.6. The maximum absolute atomic E-state index is 12.3. The highest BCUT2D eigenvalue weighted by molar-refractivity contribution is 5.89. The van der Waals surface area contributed by atoms with Crippen molar-refractivity contribution in [1.82, 2.24) is 15.3 Å². The monoisotopic (exact) mass is 300 g/mol. The number of carbonyl (C=O) groups is 1. The number of rotatable bonds is 3. The van der Waals surface area contributed by atoms with E-state index >= 15 is 0 Å². The van der Waals surface area contributed by atoms with Crippen molar-refractivity contribution < 1.29 is 9.63 Å². The molecule has 3 N–H and O–H groups in total. The van der Waals surface area contributed by atoms with E-state index in [4.69, 9.17) is 10.6 Å². The average molecular weight is 300 g/mol. The molecular weight excluding hydrogens is 280 g/mol. The molecule has 1 aromatic carbocycles. The molecule has 1 aliphatic rings. The van der Waals surface area contributed by atoms with Crippen molar-refractivity contribution >= 4 is 11.8 Å². The summed E-state index contributed by atoms with van der Waals surface area (Å²) < 4.78 is 0. The Morgan fingerprint density at radius 3 is 2.86 bits per heavy atom. The lowest BCUT2D eigenvalue weighted by Crippen LogP contribution is -2.38. The molecule has 0 spiro atoms. The van der Waals surface area contributed by atoms with E-state index in [-0.39, 0.29) is 12.0 Å². The third-order valence-corrected chi connectivity index (χ3v) is 3.98. The van der Waals surface area contributed by atoms with Crippen LogP contribution in [0, 0.1) is 5.92 Å². The first-order chi connectivity index (χ1) is 10.6. The Bertz CT molecular complexity index is 641. The lowest BCUT2D eigenvalue weighted by atomic mass is 9.92. The molecule has 2 heterocycles. The molecule has 116 valence electrons. The number of piperidine rings is 1. The number of nitrogens with two attached hydrogens (primary N) is 1. The Kier molecular flexibility index (Phi) is 4.11. The van der Waals surface area contributed by atoms with Crippen molar-refractivity contribution in [3.63, 3.8) is 0 Å². The Morgan fingerprint density at radius 2 is 2.18 bits per heavy atom. The first-order valence-corrected chi connectivity index (χ1v) is 7.48. The number of aromatic amines is 1. The normalized spacial score (nSPS) is 22.4. The molecule has 1 saturated heterocycles. The molecule has 2 atom stereocenters. The van der Waals surface area contributed by atoms with E-state index in [1.807, 2.05) is 18.2 Å². The van der Waals surface area contributed by atoms with Gasteiger partial charge in [0.25, 0.3) is 0 Å². The predicted molar refractivity (Wildman–Crippen MR) is 82.7 cm³/mol. The number of nitrogens with one attached hydrogen (secondary N) is 1.